The maximum atomic E-state index is 12.2. The van der Waals surface area contributed by atoms with Crippen molar-refractivity contribution in [2.24, 2.45) is 0 Å². The number of hydrogen-bond acceptors (Lipinski definition) is 3. The van der Waals surface area contributed by atoms with Gasteiger partial charge in [-0.25, -0.2) is 4.98 Å². The molecule has 0 aliphatic heterocycles. The molecule has 0 aliphatic carbocycles. The smallest absolute Gasteiger partial charge is 0.293 e. The highest BCUT2D eigenvalue weighted by molar-refractivity contribution is 6.17. The predicted molar refractivity (Wildman–Crippen MR) is 76.6 cm³/mol. The van der Waals surface area contributed by atoms with Crippen LogP contribution in [0.1, 0.15) is 40.0 Å². The molecular weight excluding hydrogens is 250 g/mol. The number of unbranched alkanes of at least 4 members (excludes halogenated alkanes) is 2. The summed E-state index contributed by atoms with van der Waals surface area (Å²) in [5.74, 6) is 1.12. The Morgan fingerprint density at radius 2 is 2.06 bits per heavy atom. The van der Waals surface area contributed by atoms with Crippen LogP contribution in [0.3, 0.4) is 0 Å². The summed E-state index contributed by atoms with van der Waals surface area (Å²) < 4.78 is 1.70. The molecule has 0 spiro atoms. The second-order valence-corrected chi connectivity index (χ2v) is 5.68. The van der Waals surface area contributed by atoms with E-state index in [1.54, 1.807) is 17.0 Å². The van der Waals surface area contributed by atoms with Crippen LogP contribution in [0.2, 0.25) is 0 Å². The first-order valence-corrected chi connectivity index (χ1v) is 6.88. The first-order valence-electron chi connectivity index (χ1n) is 6.35. The molecule has 102 valence electrons. The summed E-state index contributed by atoms with van der Waals surface area (Å²) in [5.41, 5.74) is -0.294. The summed E-state index contributed by atoms with van der Waals surface area (Å²) in [5, 5.41) is 3.10. The van der Waals surface area contributed by atoms with Gasteiger partial charge in [0.2, 0.25) is 0 Å². The van der Waals surface area contributed by atoms with Gasteiger partial charge in [0, 0.05) is 30.4 Å². The quantitative estimate of drug-likeness (QED) is 0.639. The normalized spacial score (nSPS) is 11.6. The van der Waals surface area contributed by atoms with E-state index in [4.69, 9.17) is 11.6 Å². The highest BCUT2D eigenvalue weighted by Crippen LogP contribution is 2.10. The number of hydrogen-bond donors (Lipinski definition) is 1. The van der Waals surface area contributed by atoms with Gasteiger partial charge < -0.3 is 9.88 Å². The second kappa shape index (κ2) is 6.78. The molecular formula is C13H22ClN3O. The Hall–Kier alpha value is -1.03. The van der Waals surface area contributed by atoms with Gasteiger partial charge in [0.1, 0.15) is 0 Å². The number of halogens is 1. The molecule has 0 bridgehead atoms. The third-order valence-corrected chi connectivity index (χ3v) is 2.93. The van der Waals surface area contributed by atoms with Crippen LogP contribution in [-0.2, 0) is 5.54 Å². The zero-order chi connectivity index (χ0) is 13.6. The second-order valence-electron chi connectivity index (χ2n) is 5.30. The van der Waals surface area contributed by atoms with Crippen molar-refractivity contribution in [2.75, 3.05) is 17.7 Å². The van der Waals surface area contributed by atoms with Crippen LogP contribution in [0, 0.1) is 0 Å². The molecule has 1 aromatic heterocycles. The van der Waals surface area contributed by atoms with Crippen LogP contribution in [0.25, 0.3) is 0 Å². The minimum absolute atomic E-state index is 0.0673. The maximum absolute atomic E-state index is 12.2. The third kappa shape index (κ3) is 4.33. The Morgan fingerprint density at radius 3 is 2.67 bits per heavy atom. The molecule has 5 heteroatoms. The molecule has 0 amide bonds. The van der Waals surface area contributed by atoms with Gasteiger partial charge in [-0.1, -0.05) is 6.42 Å². The van der Waals surface area contributed by atoms with E-state index in [0.29, 0.717) is 11.7 Å². The zero-order valence-electron chi connectivity index (χ0n) is 11.4. The molecule has 1 rings (SSSR count). The summed E-state index contributed by atoms with van der Waals surface area (Å²) in [4.78, 5) is 16.3. The molecule has 0 aliphatic rings. The van der Waals surface area contributed by atoms with E-state index in [2.05, 4.69) is 10.3 Å². The minimum atomic E-state index is -0.227. The van der Waals surface area contributed by atoms with E-state index in [1.165, 1.54) is 0 Å². The molecule has 0 radical (unpaired) electrons. The predicted octanol–water partition coefficient (Wildman–Crippen LogP) is 2.82. The van der Waals surface area contributed by atoms with E-state index in [1.807, 2.05) is 20.8 Å². The van der Waals surface area contributed by atoms with Gasteiger partial charge in [-0.2, -0.15) is 0 Å². The molecule has 0 atom stereocenters. The minimum Gasteiger partial charge on any atom is -0.365 e. The Bertz CT molecular complexity index is 423. The van der Waals surface area contributed by atoms with Crippen molar-refractivity contribution in [3.8, 4) is 0 Å². The molecule has 0 saturated carbocycles. The van der Waals surface area contributed by atoms with Gasteiger partial charge in [0.15, 0.2) is 5.82 Å². The molecule has 1 aromatic rings. The average molecular weight is 272 g/mol. The average Bonchev–Trinajstić information content (AvgIpc) is 2.29. The van der Waals surface area contributed by atoms with Gasteiger partial charge in [-0.05, 0) is 33.6 Å². The lowest BCUT2D eigenvalue weighted by atomic mass is 10.1. The summed E-state index contributed by atoms with van der Waals surface area (Å²) in [6, 6.07) is 0. The number of alkyl halides is 1. The highest BCUT2D eigenvalue weighted by atomic mass is 35.5. The van der Waals surface area contributed by atoms with Crippen molar-refractivity contribution in [3.63, 3.8) is 0 Å². The van der Waals surface area contributed by atoms with Gasteiger partial charge in [0.25, 0.3) is 5.56 Å². The Kier molecular flexibility index (Phi) is 5.66. The number of nitrogens with one attached hydrogen (secondary N) is 1. The van der Waals surface area contributed by atoms with Crippen LogP contribution in [0.15, 0.2) is 17.2 Å². The topological polar surface area (TPSA) is 46.9 Å². The summed E-state index contributed by atoms with van der Waals surface area (Å²) in [7, 11) is 0. The monoisotopic (exact) mass is 271 g/mol. The first-order chi connectivity index (χ1) is 8.46. The maximum Gasteiger partial charge on any atom is 0.293 e. The van der Waals surface area contributed by atoms with Crippen molar-refractivity contribution in [3.05, 3.63) is 22.7 Å². The van der Waals surface area contributed by atoms with Crippen molar-refractivity contribution >= 4 is 17.4 Å². The third-order valence-electron chi connectivity index (χ3n) is 2.67. The molecule has 4 nitrogen and oxygen atoms in total. The highest BCUT2D eigenvalue weighted by Gasteiger charge is 2.16. The fourth-order valence-electron chi connectivity index (χ4n) is 1.66. The van der Waals surface area contributed by atoms with Crippen LogP contribution in [0.4, 0.5) is 5.82 Å². The molecule has 1 N–H and O–H groups in total. The van der Waals surface area contributed by atoms with Gasteiger partial charge in [-0.3, -0.25) is 4.79 Å². The summed E-state index contributed by atoms with van der Waals surface area (Å²) >= 11 is 5.61. The van der Waals surface area contributed by atoms with E-state index < -0.39 is 0 Å². The Balaban J connectivity index is 2.65. The van der Waals surface area contributed by atoms with Crippen molar-refractivity contribution < 1.29 is 0 Å². The Labute approximate surface area is 113 Å². The van der Waals surface area contributed by atoms with Crippen molar-refractivity contribution in [1.29, 1.82) is 0 Å². The van der Waals surface area contributed by atoms with Gasteiger partial charge in [-0.15, -0.1) is 11.6 Å². The summed E-state index contributed by atoms with van der Waals surface area (Å²) in [6.45, 7) is 6.75. The van der Waals surface area contributed by atoms with Crippen LogP contribution in [-0.4, -0.2) is 22.0 Å². The number of aromatic nitrogens is 2. The number of nitrogens with zero attached hydrogens (tertiary/aromatic N) is 2. The largest absolute Gasteiger partial charge is 0.365 e. The lowest BCUT2D eigenvalue weighted by Gasteiger charge is -2.22. The van der Waals surface area contributed by atoms with Crippen LogP contribution in [0.5, 0.6) is 0 Å². The van der Waals surface area contributed by atoms with E-state index >= 15 is 0 Å². The van der Waals surface area contributed by atoms with Crippen molar-refractivity contribution in [2.45, 2.75) is 45.6 Å². The lowest BCUT2D eigenvalue weighted by Crippen LogP contribution is -2.35. The van der Waals surface area contributed by atoms with E-state index in [-0.39, 0.29) is 11.1 Å². The van der Waals surface area contributed by atoms with Crippen LogP contribution < -0.4 is 10.9 Å². The zero-order valence-corrected chi connectivity index (χ0v) is 12.1. The molecule has 0 fully saturated rings. The standard InChI is InChI=1S/C13H22ClN3O/c1-13(2,3)17-10-9-16-11(12(17)18)15-8-6-4-5-7-14/h9-10H,4-8H2,1-3H3,(H,15,16). The number of rotatable bonds is 6. The van der Waals surface area contributed by atoms with Gasteiger partial charge in [0.05, 0.1) is 0 Å². The fraction of sp³-hybridized carbons (Fsp3) is 0.692. The van der Waals surface area contributed by atoms with E-state index in [9.17, 15) is 4.79 Å². The van der Waals surface area contributed by atoms with E-state index in [0.717, 1.165) is 25.8 Å². The van der Waals surface area contributed by atoms with Crippen molar-refractivity contribution in [1.82, 2.24) is 9.55 Å². The molecule has 0 unspecified atom stereocenters. The first kappa shape index (κ1) is 15.0. The summed E-state index contributed by atoms with van der Waals surface area (Å²) in [6.07, 6.45) is 6.46. The SMILES string of the molecule is CC(C)(C)n1ccnc(NCCCCCCl)c1=O. The van der Waals surface area contributed by atoms with Gasteiger partial charge >= 0.3 is 0 Å². The molecule has 0 saturated heterocycles. The van der Waals surface area contributed by atoms with Crippen LogP contribution >= 0.6 is 11.6 Å². The molecule has 18 heavy (non-hydrogen) atoms. The fourth-order valence-corrected chi connectivity index (χ4v) is 1.85. The lowest BCUT2D eigenvalue weighted by molar-refractivity contribution is 0.383. The number of anilines is 1. The Morgan fingerprint density at radius 1 is 1.33 bits per heavy atom. The molecule has 1 heterocycles. The molecule has 0 aromatic carbocycles.